The van der Waals surface area contributed by atoms with Crippen LogP contribution in [0.1, 0.15) is 68.4 Å². The van der Waals surface area contributed by atoms with Gasteiger partial charge in [0.1, 0.15) is 11.9 Å². The number of phenolic OH excluding ortho intramolecular Hbond substituents is 1. The fourth-order valence-corrected chi connectivity index (χ4v) is 6.46. The molecule has 2 aromatic carbocycles. The Bertz CT molecular complexity index is 1340. The first-order valence-electron chi connectivity index (χ1n) is 13.0. The highest BCUT2D eigenvalue weighted by molar-refractivity contribution is 9.10. The molecule has 2 aliphatic carbocycles. The number of hydrogen-bond acceptors (Lipinski definition) is 7. The van der Waals surface area contributed by atoms with Gasteiger partial charge in [0.2, 0.25) is 0 Å². The minimum absolute atomic E-state index is 0.0403. The Morgan fingerprint density at radius 1 is 1.05 bits per heavy atom. The highest BCUT2D eigenvalue weighted by atomic mass is 79.9. The number of aromatic hydroxyl groups is 1. The molecule has 0 bridgehead atoms. The molecule has 0 saturated heterocycles. The maximum Gasteiger partial charge on any atom is 0.337 e. The van der Waals surface area contributed by atoms with Crippen LogP contribution in [0.15, 0.2) is 63.4 Å². The second-order valence-electron chi connectivity index (χ2n) is 10.1. The van der Waals surface area contributed by atoms with Crippen LogP contribution in [0.4, 0.5) is 0 Å². The molecule has 0 spiro atoms. The molecule has 0 aromatic heterocycles. The van der Waals surface area contributed by atoms with E-state index in [0.717, 1.165) is 42.7 Å². The van der Waals surface area contributed by atoms with Gasteiger partial charge in [-0.05, 0) is 84.3 Å². The molecule has 7 nitrogen and oxygen atoms in total. The van der Waals surface area contributed by atoms with Crippen molar-refractivity contribution in [1.82, 2.24) is 5.32 Å². The number of carbonyl (C=O) groups excluding carboxylic acids is 2. The molecule has 2 N–H and O–H groups in total. The van der Waals surface area contributed by atoms with Crippen LogP contribution in [0.25, 0.3) is 0 Å². The summed E-state index contributed by atoms with van der Waals surface area (Å²) in [5.41, 5.74) is 4.07. The highest BCUT2D eigenvalue weighted by Crippen LogP contribution is 2.49. The van der Waals surface area contributed by atoms with Gasteiger partial charge in [-0.15, -0.1) is 0 Å². The summed E-state index contributed by atoms with van der Waals surface area (Å²) in [5.74, 6) is -0.207. The number of carbonyl (C=O) groups is 2. The Kier molecular flexibility index (Phi) is 7.52. The van der Waals surface area contributed by atoms with Gasteiger partial charge in [0.05, 0.1) is 24.3 Å². The number of Topliss-reactive ketones (excluding diaryl/α,β-unsaturated/α-hetero) is 1. The molecule has 8 heteroatoms. The number of nitrogens with one attached hydrogen (secondary N) is 1. The first-order valence-corrected chi connectivity index (χ1v) is 13.8. The summed E-state index contributed by atoms with van der Waals surface area (Å²) in [5, 5.41) is 13.9. The molecular weight excluding hydrogens is 550 g/mol. The van der Waals surface area contributed by atoms with E-state index < -0.39 is 11.9 Å². The van der Waals surface area contributed by atoms with E-state index in [2.05, 4.69) is 21.2 Å². The number of para-hydroxylation sites is 1. The number of benzene rings is 2. The zero-order valence-corrected chi connectivity index (χ0v) is 23.4. The van der Waals surface area contributed by atoms with Gasteiger partial charge in [0, 0.05) is 35.2 Å². The number of esters is 1. The number of ether oxygens (including phenoxy) is 3. The van der Waals surface area contributed by atoms with Crippen LogP contribution in [-0.4, -0.2) is 37.2 Å². The molecule has 2 unspecified atom stereocenters. The molecule has 1 saturated carbocycles. The topological polar surface area (TPSA) is 94.1 Å². The normalized spacial score (nSPS) is 21.7. The van der Waals surface area contributed by atoms with Crippen molar-refractivity contribution in [3.63, 3.8) is 0 Å². The third-order valence-electron chi connectivity index (χ3n) is 7.81. The fourth-order valence-electron chi connectivity index (χ4n) is 6.00. The van der Waals surface area contributed by atoms with Gasteiger partial charge in [-0.3, -0.25) is 4.79 Å². The number of hydrogen-bond donors (Lipinski definition) is 2. The Hall–Kier alpha value is -3.26. The average Bonchev–Trinajstić information content (AvgIpc) is 3.42. The molecule has 5 rings (SSSR count). The van der Waals surface area contributed by atoms with Crippen molar-refractivity contribution >= 4 is 27.7 Å². The molecule has 1 heterocycles. The molecule has 2 aromatic rings. The van der Waals surface area contributed by atoms with Crippen LogP contribution in [0.3, 0.4) is 0 Å². The lowest BCUT2D eigenvalue weighted by atomic mass is 9.71. The standard InChI is InChI=1S/C30H32BrNO6/c1-16-26(30(35)38-19-8-4-5-9-19)27(18-12-21(31)29(34)25(15-18)37-3)28-22(32-16)13-17(14-23(28)33)20-10-6-7-11-24(20)36-2/h6-7,10-12,15,17,19,27,32,34H,4-5,8-9,13-14H2,1-3H3. The third kappa shape index (κ3) is 4.82. The predicted molar refractivity (Wildman–Crippen MR) is 146 cm³/mol. The van der Waals surface area contributed by atoms with Gasteiger partial charge < -0.3 is 24.6 Å². The van der Waals surface area contributed by atoms with E-state index in [9.17, 15) is 14.7 Å². The summed E-state index contributed by atoms with van der Waals surface area (Å²) in [7, 11) is 3.10. The van der Waals surface area contributed by atoms with E-state index in [4.69, 9.17) is 14.2 Å². The number of methoxy groups -OCH3 is 2. The molecule has 0 radical (unpaired) electrons. The van der Waals surface area contributed by atoms with E-state index in [1.54, 1.807) is 19.2 Å². The van der Waals surface area contributed by atoms with Crippen LogP contribution in [0.5, 0.6) is 17.2 Å². The Morgan fingerprint density at radius 2 is 1.76 bits per heavy atom. The lowest BCUT2D eigenvalue weighted by Gasteiger charge is -2.37. The van der Waals surface area contributed by atoms with Crippen LogP contribution in [0.2, 0.25) is 0 Å². The largest absolute Gasteiger partial charge is 0.503 e. The third-order valence-corrected chi connectivity index (χ3v) is 8.41. The van der Waals surface area contributed by atoms with Crippen molar-refractivity contribution in [3.8, 4) is 17.2 Å². The molecule has 200 valence electrons. The molecule has 2 atom stereocenters. The van der Waals surface area contributed by atoms with E-state index in [1.165, 1.54) is 7.11 Å². The number of ketones is 1. The summed E-state index contributed by atoms with van der Waals surface area (Å²) in [6.07, 6.45) is 4.55. The number of allylic oxidation sites excluding steroid dienone is 3. The second kappa shape index (κ2) is 10.8. The second-order valence-corrected chi connectivity index (χ2v) is 11.0. The molecular formula is C30H32BrNO6. The van der Waals surface area contributed by atoms with Crippen molar-refractivity contribution in [2.24, 2.45) is 0 Å². The van der Waals surface area contributed by atoms with Crippen molar-refractivity contribution in [1.29, 1.82) is 0 Å². The Morgan fingerprint density at radius 3 is 2.47 bits per heavy atom. The lowest BCUT2D eigenvalue weighted by molar-refractivity contribution is -0.144. The van der Waals surface area contributed by atoms with Crippen LogP contribution < -0.4 is 14.8 Å². The predicted octanol–water partition coefficient (Wildman–Crippen LogP) is 6.02. The van der Waals surface area contributed by atoms with E-state index in [0.29, 0.717) is 33.3 Å². The van der Waals surface area contributed by atoms with E-state index >= 15 is 0 Å². The first kappa shape index (κ1) is 26.4. The van der Waals surface area contributed by atoms with Gasteiger partial charge in [0.25, 0.3) is 0 Å². The summed E-state index contributed by atoms with van der Waals surface area (Å²) >= 11 is 3.41. The Labute approximate surface area is 231 Å². The van der Waals surface area contributed by atoms with Gasteiger partial charge in [-0.25, -0.2) is 4.79 Å². The van der Waals surface area contributed by atoms with Gasteiger partial charge in [-0.2, -0.15) is 0 Å². The molecule has 38 heavy (non-hydrogen) atoms. The van der Waals surface area contributed by atoms with Crippen LogP contribution in [-0.2, 0) is 14.3 Å². The molecule has 1 fully saturated rings. The quantitative estimate of drug-likeness (QED) is 0.403. The minimum Gasteiger partial charge on any atom is -0.503 e. The van der Waals surface area contributed by atoms with Crippen molar-refractivity contribution in [3.05, 3.63) is 74.5 Å². The highest BCUT2D eigenvalue weighted by Gasteiger charge is 2.42. The zero-order chi connectivity index (χ0) is 27.0. The van der Waals surface area contributed by atoms with Crippen LogP contribution >= 0.6 is 15.9 Å². The van der Waals surface area contributed by atoms with E-state index in [1.807, 2.05) is 31.2 Å². The van der Waals surface area contributed by atoms with Gasteiger partial charge >= 0.3 is 5.97 Å². The monoisotopic (exact) mass is 581 g/mol. The molecule has 1 aliphatic heterocycles. The molecule has 3 aliphatic rings. The maximum atomic E-state index is 13.9. The number of dihydropyridines is 1. The average molecular weight is 582 g/mol. The lowest BCUT2D eigenvalue weighted by Crippen LogP contribution is -2.36. The van der Waals surface area contributed by atoms with E-state index in [-0.39, 0.29) is 35.7 Å². The SMILES string of the molecule is COc1ccccc1C1CC(=O)C2=C(C1)NC(C)=C(C(=O)OC1CCCC1)C2c1cc(Br)c(O)c(OC)c1. The summed E-state index contributed by atoms with van der Waals surface area (Å²) in [6, 6.07) is 11.2. The summed E-state index contributed by atoms with van der Waals surface area (Å²) < 4.78 is 17.3. The van der Waals surface area contributed by atoms with Gasteiger partial charge in [-0.1, -0.05) is 18.2 Å². The Balaban J connectivity index is 1.60. The fraction of sp³-hybridized carbons (Fsp3) is 0.400. The van der Waals surface area contributed by atoms with Crippen molar-refractivity contribution in [2.75, 3.05) is 14.2 Å². The van der Waals surface area contributed by atoms with Gasteiger partial charge in [0.15, 0.2) is 17.3 Å². The van der Waals surface area contributed by atoms with Crippen molar-refractivity contribution < 1.29 is 28.9 Å². The molecule has 0 amide bonds. The first-order chi connectivity index (χ1) is 18.3. The zero-order valence-electron chi connectivity index (χ0n) is 21.8. The maximum absolute atomic E-state index is 13.9. The minimum atomic E-state index is -0.655. The van der Waals surface area contributed by atoms with Crippen LogP contribution in [0, 0.1) is 0 Å². The van der Waals surface area contributed by atoms with Crippen molar-refractivity contribution in [2.45, 2.75) is 63.4 Å². The number of halogens is 1. The number of phenols is 1. The number of rotatable bonds is 6. The summed E-state index contributed by atoms with van der Waals surface area (Å²) in [4.78, 5) is 27.6. The smallest absolute Gasteiger partial charge is 0.337 e. The summed E-state index contributed by atoms with van der Waals surface area (Å²) in [6.45, 7) is 1.85.